The molecule has 0 aromatic carbocycles. The molecule has 156 valence electrons. The SMILES string of the molecule is CCN1C[C@]2(C)CCC(OC)C34C5CC6CC[C@@](O)(C5C(=O)O6)C([C@@H](O)C32)[C@H]14. The van der Waals surface area contributed by atoms with Crippen molar-refractivity contribution >= 4 is 5.97 Å². The molecule has 7 aliphatic rings. The van der Waals surface area contributed by atoms with Gasteiger partial charge in [-0.25, -0.2) is 0 Å². The van der Waals surface area contributed by atoms with E-state index < -0.39 is 17.6 Å². The van der Waals surface area contributed by atoms with Gasteiger partial charge in [-0.2, -0.15) is 0 Å². The summed E-state index contributed by atoms with van der Waals surface area (Å²) in [7, 11) is 1.79. The average Bonchev–Trinajstić information content (AvgIpc) is 2.73. The molecule has 0 amide bonds. The maximum Gasteiger partial charge on any atom is 0.312 e. The maximum atomic E-state index is 13.1. The Bertz CT molecular complexity index is 730. The third-order valence-corrected chi connectivity index (χ3v) is 10.1. The Balaban J connectivity index is 1.66. The third kappa shape index (κ3) is 1.68. The molecule has 6 heteroatoms. The quantitative estimate of drug-likeness (QED) is 0.689. The lowest BCUT2D eigenvalue weighted by atomic mass is 9.42. The first-order valence-electron chi connectivity index (χ1n) is 11.2. The molecule has 3 saturated heterocycles. The molecule has 3 aliphatic heterocycles. The van der Waals surface area contributed by atoms with Crippen LogP contribution < -0.4 is 0 Å². The molecule has 7 fully saturated rings. The summed E-state index contributed by atoms with van der Waals surface area (Å²) >= 11 is 0. The number of fused-ring (bicyclic) bond motifs is 2. The minimum absolute atomic E-state index is 0.0123. The zero-order valence-electron chi connectivity index (χ0n) is 17.1. The van der Waals surface area contributed by atoms with Gasteiger partial charge in [0.15, 0.2) is 0 Å². The highest BCUT2D eigenvalue weighted by molar-refractivity contribution is 5.77. The van der Waals surface area contributed by atoms with Gasteiger partial charge in [-0.1, -0.05) is 13.8 Å². The van der Waals surface area contributed by atoms with Crippen LogP contribution >= 0.6 is 0 Å². The van der Waals surface area contributed by atoms with E-state index in [-0.39, 0.29) is 52.8 Å². The number of carbonyl (C=O) groups is 1. The molecule has 9 bridgehead atoms. The van der Waals surface area contributed by atoms with E-state index in [1.54, 1.807) is 7.11 Å². The van der Waals surface area contributed by atoms with Crippen LogP contribution in [0.1, 0.15) is 46.0 Å². The Kier molecular flexibility index (Phi) is 3.44. The molecule has 7 unspecified atom stereocenters. The Morgan fingerprint density at radius 1 is 1.32 bits per heavy atom. The molecule has 4 saturated carbocycles. The fourth-order valence-corrected chi connectivity index (χ4v) is 9.64. The number of aliphatic hydroxyl groups excluding tert-OH is 1. The van der Waals surface area contributed by atoms with Crippen LogP contribution in [0.5, 0.6) is 0 Å². The van der Waals surface area contributed by atoms with Crippen LogP contribution in [-0.4, -0.2) is 71.2 Å². The van der Waals surface area contributed by atoms with E-state index in [0.717, 1.165) is 32.4 Å². The van der Waals surface area contributed by atoms with Crippen LogP contribution in [0.25, 0.3) is 0 Å². The van der Waals surface area contributed by atoms with Crippen LogP contribution in [0.3, 0.4) is 0 Å². The maximum absolute atomic E-state index is 13.1. The van der Waals surface area contributed by atoms with Crippen LogP contribution in [0, 0.1) is 34.5 Å². The summed E-state index contributed by atoms with van der Waals surface area (Å²) in [5.41, 5.74) is -1.46. The molecule has 1 spiro atoms. The Hall–Kier alpha value is -0.690. The lowest BCUT2D eigenvalue weighted by molar-refractivity contribution is -0.269. The predicted octanol–water partition coefficient (Wildman–Crippen LogP) is 1.19. The van der Waals surface area contributed by atoms with Gasteiger partial charge in [0.1, 0.15) is 6.10 Å². The van der Waals surface area contributed by atoms with Crippen molar-refractivity contribution in [1.82, 2.24) is 4.90 Å². The van der Waals surface area contributed by atoms with E-state index in [1.807, 2.05) is 0 Å². The molecule has 3 heterocycles. The minimum atomic E-state index is -1.17. The topological polar surface area (TPSA) is 79.2 Å². The number of rotatable bonds is 2. The van der Waals surface area contributed by atoms with Gasteiger partial charge >= 0.3 is 5.97 Å². The molecular weight excluding hydrogens is 358 g/mol. The highest BCUT2D eigenvalue weighted by atomic mass is 16.5. The second-order valence-corrected chi connectivity index (χ2v) is 10.8. The average molecular weight is 392 g/mol. The fraction of sp³-hybridized carbons (Fsp3) is 0.955. The Morgan fingerprint density at radius 3 is 2.82 bits per heavy atom. The van der Waals surface area contributed by atoms with Gasteiger partial charge < -0.3 is 19.7 Å². The van der Waals surface area contributed by atoms with Gasteiger partial charge in [-0.15, -0.1) is 0 Å². The first-order chi connectivity index (χ1) is 13.3. The van der Waals surface area contributed by atoms with Crippen molar-refractivity contribution in [1.29, 1.82) is 0 Å². The Morgan fingerprint density at radius 2 is 2.11 bits per heavy atom. The van der Waals surface area contributed by atoms with Gasteiger partial charge in [-0.3, -0.25) is 9.69 Å². The fourth-order valence-electron chi connectivity index (χ4n) is 9.64. The number of ether oxygens (including phenoxy) is 2. The van der Waals surface area contributed by atoms with Gasteiger partial charge in [0.25, 0.3) is 0 Å². The summed E-state index contributed by atoms with van der Waals surface area (Å²) in [6.07, 6.45) is 3.38. The van der Waals surface area contributed by atoms with Gasteiger partial charge in [0, 0.05) is 36.9 Å². The summed E-state index contributed by atoms with van der Waals surface area (Å²) in [6, 6.07) is 0.0757. The van der Waals surface area contributed by atoms with Crippen LogP contribution in [0.4, 0.5) is 0 Å². The van der Waals surface area contributed by atoms with E-state index >= 15 is 0 Å². The summed E-state index contributed by atoms with van der Waals surface area (Å²) in [5, 5.41) is 23.9. The second kappa shape index (κ2) is 5.32. The first-order valence-corrected chi connectivity index (χ1v) is 11.2. The minimum Gasteiger partial charge on any atom is -0.462 e. The number of carbonyl (C=O) groups excluding carboxylic acids is 1. The molecule has 6 nitrogen and oxygen atoms in total. The van der Waals surface area contributed by atoms with E-state index in [9.17, 15) is 15.0 Å². The van der Waals surface area contributed by atoms with E-state index in [1.165, 1.54) is 0 Å². The van der Waals surface area contributed by atoms with Crippen molar-refractivity contribution in [2.45, 2.75) is 75.9 Å². The molecule has 4 aliphatic carbocycles. The molecule has 0 aromatic heterocycles. The smallest absolute Gasteiger partial charge is 0.312 e. The van der Waals surface area contributed by atoms with Crippen molar-refractivity contribution < 1.29 is 24.5 Å². The lowest BCUT2D eigenvalue weighted by Gasteiger charge is -2.69. The van der Waals surface area contributed by atoms with Crippen molar-refractivity contribution in [3.05, 3.63) is 0 Å². The molecular formula is C22H33NO5. The number of likely N-dealkylation sites (tertiary alicyclic amines) is 1. The standard InChI is InChI=1S/C22H33NO5/c1-4-23-10-20(2)7-6-13(27-3)22-12-9-11-5-8-21(26,14(12)19(25)28-11)15(18(22)23)16(24)17(20)22/h11-18,24,26H,4-10H2,1-3H3/t11?,12?,13?,14?,15?,16-,17?,18+,20+,21-,22?/m1/s1. The van der Waals surface area contributed by atoms with Crippen molar-refractivity contribution in [3.63, 3.8) is 0 Å². The number of hydrogen-bond acceptors (Lipinski definition) is 6. The molecule has 28 heavy (non-hydrogen) atoms. The number of methoxy groups -OCH3 is 1. The van der Waals surface area contributed by atoms with Crippen molar-refractivity contribution in [3.8, 4) is 0 Å². The third-order valence-electron chi connectivity index (χ3n) is 10.1. The van der Waals surface area contributed by atoms with Gasteiger partial charge in [-0.05, 0) is 50.0 Å². The molecule has 0 aromatic rings. The molecule has 7 rings (SSSR count). The predicted molar refractivity (Wildman–Crippen MR) is 100 cm³/mol. The number of aliphatic hydroxyl groups is 2. The Labute approximate surface area is 166 Å². The summed E-state index contributed by atoms with van der Waals surface area (Å²) in [6.45, 7) is 6.38. The van der Waals surface area contributed by atoms with Gasteiger partial charge in [0.2, 0.25) is 0 Å². The van der Waals surface area contributed by atoms with Crippen LogP contribution in [0.15, 0.2) is 0 Å². The summed E-state index contributed by atoms with van der Waals surface area (Å²) < 4.78 is 11.9. The van der Waals surface area contributed by atoms with Crippen molar-refractivity contribution in [2.75, 3.05) is 20.2 Å². The normalized spacial score (nSPS) is 61.8. The number of nitrogens with zero attached hydrogens (tertiary/aromatic N) is 1. The molecule has 0 radical (unpaired) electrons. The zero-order chi connectivity index (χ0) is 19.6. The van der Waals surface area contributed by atoms with E-state index in [0.29, 0.717) is 12.8 Å². The van der Waals surface area contributed by atoms with Gasteiger partial charge in [0.05, 0.1) is 23.7 Å². The van der Waals surface area contributed by atoms with E-state index in [2.05, 4.69) is 18.7 Å². The molecule has 2 N–H and O–H groups in total. The second-order valence-electron chi connectivity index (χ2n) is 10.8. The highest BCUT2D eigenvalue weighted by Crippen LogP contribution is 2.77. The van der Waals surface area contributed by atoms with Crippen molar-refractivity contribution in [2.24, 2.45) is 34.5 Å². The highest BCUT2D eigenvalue weighted by Gasteiger charge is 2.84. The number of hydrogen-bond donors (Lipinski definition) is 2. The van der Waals surface area contributed by atoms with Crippen LogP contribution in [0.2, 0.25) is 0 Å². The number of esters is 1. The largest absolute Gasteiger partial charge is 0.462 e. The zero-order valence-corrected chi connectivity index (χ0v) is 17.1. The number of piperidine rings is 1. The monoisotopic (exact) mass is 391 g/mol. The van der Waals surface area contributed by atoms with E-state index in [4.69, 9.17) is 9.47 Å². The summed E-state index contributed by atoms with van der Waals surface area (Å²) in [5.74, 6) is -0.969. The first kappa shape index (κ1) is 18.1. The van der Waals surface area contributed by atoms with Crippen LogP contribution in [-0.2, 0) is 14.3 Å². The summed E-state index contributed by atoms with van der Waals surface area (Å²) in [4.78, 5) is 15.6. The lowest BCUT2D eigenvalue weighted by Crippen LogP contribution is -2.76. The molecule has 11 atom stereocenters.